The largest absolute Gasteiger partial charge is 0.376 e. The molecule has 5 heteroatoms. The van der Waals surface area contributed by atoms with Crippen molar-refractivity contribution < 1.29 is 4.74 Å². The summed E-state index contributed by atoms with van der Waals surface area (Å²) in [5.74, 6) is 1.58. The van der Waals surface area contributed by atoms with Crippen LogP contribution in [0.4, 0.5) is 0 Å². The molecular weight excluding hydrogens is 262 g/mol. The molecule has 4 nitrogen and oxygen atoms in total. The number of aryl methyl sites for hydroxylation is 1. The Morgan fingerprint density at radius 3 is 3.21 bits per heavy atom. The zero-order chi connectivity index (χ0) is 13.2. The number of pyridine rings is 1. The molecule has 2 aromatic rings. The number of nitrogens with zero attached hydrogens (tertiary/aromatic N) is 3. The normalized spacial score (nSPS) is 21.1. The molecule has 3 heterocycles. The molecule has 1 aliphatic heterocycles. The van der Waals surface area contributed by atoms with Gasteiger partial charge < -0.3 is 9.30 Å². The summed E-state index contributed by atoms with van der Waals surface area (Å²) in [5, 5.41) is 0. The smallest absolute Gasteiger partial charge is 0.160 e. The van der Waals surface area contributed by atoms with Gasteiger partial charge in [-0.3, -0.25) is 0 Å². The third-order valence-corrected chi connectivity index (χ3v) is 3.94. The van der Waals surface area contributed by atoms with Gasteiger partial charge in [-0.05, 0) is 31.9 Å². The lowest BCUT2D eigenvalue weighted by Gasteiger charge is -2.22. The van der Waals surface area contributed by atoms with Crippen LogP contribution in [0.1, 0.15) is 31.6 Å². The van der Waals surface area contributed by atoms with Gasteiger partial charge in [0, 0.05) is 25.1 Å². The first kappa shape index (κ1) is 12.9. The molecule has 0 bridgehead atoms. The molecule has 0 radical (unpaired) electrons. The van der Waals surface area contributed by atoms with Gasteiger partial charge in [-0.15, -0.1) is 11.6 Å². The maximum atomic E-state index is 5.89. The average molecular weight is 280 g/mol. The Hall–Kier alpha value is -1.13. The van der Waals surface area contributed by atoms with E-state index in [9.17, 15) is 0 Å². The number of halogens is 1. The maximum Gasteiger partial charge on any atom is 0.160 e. The number of alkyl halides is 1. The first-order valence-corrected chi connectivity index (χ1v) is 7.34. The zero-order valence-corrected chi connectivity index (χ0v) is 11.8. The van der Waals surface area contributed by atoms with Gasteiger partial charge in [-0.1, -0.05) is 0 Å². The summed E-state index contributed by atoms with van der Waals surface area (Å²) in [6, 6.07) is 4.17. The van der Waals surface area contributed by atoms with Crippen molar-refractivity contribution in [2.24, 2.45) is 0 Å². The summed E-state index contributed by atoms with van der Waals surface area (Å²) in [6.07, 6.45) is 5.07. The van der Waals surface area contributed by atoms with Gasteiger partial charge in [0.1, 0.15) is 11.3 Å². The van der Waals surface area contributed by atoms with E-state index in [1.165, 1.54) is 0 Å². The SMILES string of the molecule is CC(C1CCCO1)n1c(CCCl)nc2cccnc21. The van der Waals surface area contributed by atoms with Crippen molar-refractivity contribution in [2.75, 3.05) is 12.5 Å². The third kappa shape index (κ3) is 2.35. The number of ether oxygens (including phenoxy) is 1. The minimum absolute atomic E-state index is 0.251. The second-order valence-corrected chi connectivity index (χ2v) is 5.35. The Bertz CT molecular complexity index is 563. The molecule has 0 aliphatic carbocycles. The number of imidazole rings is 1. The number of aromatic nitrogens is 3. The number of hydrogen-bond acceptors (Lipinski definition) is 3. The van der Waals surface area contributed by atoms with E-state index < -0.39 is 0 Å². The highest BCUT2D eigenvalue weighted by Crippen LogP contribution is 2.28. The monoisotopic (exact) mass is 279 g/mol. The molecule has 0 N–H and O–H groups in total. The Labute approximate surface area is 117 Å². The number of fused-ring (bicyclic) bond motifs is 1. The quantitative estimate of drug-likeness (QED) is 0.808. The van der Waals surface area contributed by atoms with Crippen molar-refractivity contribution in [1.29, 1.82) is 0 Å². The van der Waals surface area contributed by atoms with Crippen molar-refractivity contribution in [3.63, 3.8) is 0 Å². The summed E-state index contributed by atoms with van der Waals surface area (Å²) in [6.45, 7) is 3.05. The standard InChI is InChI=1S/C14H18ClN3O/c1-10(12-5-3-9-19-12)18-13(6-7-15)17-11-4-2-8-16-14(11)18/h2,4,8,10,12H,3,5-7,9H2,1H3. The molecule has 0 saturated carbocycles. The Kier molecular flexibility index (Phi) is 3.71. The van der Waals surface area contributed by atoms with Crippen LogP contribution in [-0.4, -0.2) is 33.1 Å². The van der Waals surface area contributed by atoms with E-state index in [1.54, 1.807) is 0 Å². The van der Waals surface area contributed by atoms with Gasteiger partial charge in [0.15, 0.2) is 5.65 Å². The molecule has 2 aromatic heterocycles. The van der Waals surface area contributed by atoms with Gasteiger partial charge in [0.25, 0.3) is 0 Å². The van der Waals surface area contributed by atoms with Crippen LogP contribution < -0.4 is 0 Å². The van der Waals surface area contributed by atoms with Crippen molar-refractivity contribution in [2.45, 2.75) is 38.3 Å². The van der Waals surface area contributed by atoms with E-state index in [0.29, 0.717) is 5.88 Å². The average Bonchev–Trinajstić information content (AvgIpc) is 3.06. The highest BCUT2D eigenvalue weighted by atomic mass is 35.5. The van der Waals surface area contributed by atoms with Crippen LogP contribution in [0.25, 0.3) is 11.2 Å². The highest BCUT2D eigenvalue weighted by Gasteiger charge is 2.27. The van der Waals surface area contributed by atoms with Gasteiger partial charge in [-0.25, -0.2) is 9.97 Å². The van der Waals surface area contributed by atoms with E-state index in [-0.39, 0.29) is 12.1 Å². The molecule has 0 spiro atoms. The lowest BCUT2D eigenvalue weighted by Crippen LogP contribution is -2.23. The first-order chi connectivity index (χ1) is 9.31. The fourth-order valence-corrected chi connectivity index (χ4v) is 2.98. The van der Waals surface area contributed by atoms with E-state index in [2.05, 4.69) is 21.5 Å². The third-order valence-electron chi connectivity index (χ3n) is 3.75. The van der Waals surface area contributed by atoms with Crippen molar-refractivity contribution in [3.05, 3.63) is 24.2 Å². The van der Waals surface area contributed by atoms with Crippen molar-refractivity contribution >= 4 is 22.8 Å². The molecule has 0 aromatic carbocycles. The van der Waals surface area contributed by atoms with Crippen LogP contribution in [0.15, 0.2) is 18.3 Å². The minimum atomic E-state index is 0.251. The summed E-state index contributed by atoms with van der Waals surface area (Å²) in [5.41, 5.74) is 1.87. The van der Waals surface area contributed by atoms with E-state index in [1.807, 2.05) is 18.3 Å². The van der Waals surface area contributed by atoms with Crippen LogP contribution in [0.5, 0.6) is 0 Å². The zero-order valence-electron chi connectivity index (χ0n) is 11.1. The molecule has 2 atom stereocenters. The lowest BCUT2D eigenvalue weighted by molar-refractivity contribution is 0.0735. The van der Waals surface area contributed by atoms with Crippen LogP contribution >= 0.6 is 11.6 Å². The van der Waals surface area contributed by atoms with Crippen molar-refractivity contribution in [1.82, 2.24) is 14.5 Å². The summed E-state index contributed by atoms with van der Waals surface area (Å²) < 4.78 is 8.01. The maximum absolute atomic E-state index is 5.89. The van der Waals surface area contributed by atoms with Crippen LogP contribution in [0, 0.1) is 0 Å². The summed E-state index contributed by atoms with van der Waals surface area (Å²) >= 11 is 5.89. The van der Waals surface area contributed by atoms with Crippen LogP contribution in [0.3, 0.4) is 0 Å². The Morgan fingerprint density at radius 2 is 2.47 bits per heavy atom. The fourth-order valence-electron chi connectivity index (χ4n) is 2.81. The van der Waals surface area contributed by atoms with Crippen LogP contribution in [-0.2, 0) is 11.2 Å². The highest BCUT2D eigenvalue weighted by molar-refractivity contribution is 6.17. The molecule has 2 unspecified atom stereocenters. The minimum Gasteiger partial charge on any atom is -0.376 e. The van der Waals surface area contributed by atoms with Gasteiger partial charge in [-0.2, -0.15) is 0 Å². The fraction of sp³-hybridized carbons (Fsp3) is 0.571. The van der Waals surface area contributed by atoms with Crippen LogP contribution in [0.2, 0.25) is 0 Å². The number of hydrogen-bond donors (Lipinski definition) is 0. The number of rotatable bonds is 4. The molecule has 0 amide bonds. The molecule has 1 fully saturated rings. The lowest BCUT2D eigenvalue weighted by atomic mass is 10.1. The van der Waals surface area contributed by atoms with E-state index in [4.69, 9.17) is 16.3 Å². The molecular formula is C14H18ClN3O. The summed E-state index contributed by atoms with van der Waals surface area (Å²) in [7, 11) is 0. The van der Waals surface area contributed by atoms with Crippen molar-refractivity contribution in [3.8, 4) is 0 Å². The molecule has 102 valence electrons. The van der Waals surface area contributed by atoms with E-state index in [0.717, 1.165) is 42.9 Å². The second kappa shape index (κ2) is 5.47. The van der Waals surface area contributed by atoms with E-state index >= 15 is 0 Å². The molecule has 1 saturated heterocycles. The molecule has 1 aliphatic rings. The molecule has 3 rings (SSSR count). The van der Waals surface area contributed by atoms with Gasteiger partial charge in [0.2, 0.25) is 0 Å². The van der Waals surface area contributed by atoms with Gasteiger partial charge >= 0.3 is 0 Å². The predicted octanol–water partition coefficient (Wildman–Crippen LogP) is 2.95. The predicted molar refractivity (Wildman–Crippen MR) is 75.6 cm³/mol. The molecule has 19 heavy (non-hydrogen) atoms. The Balaban J connectivity index is 2.05. The topological polar surface area (TPSA) is 39.9 Å². The Morgan fingerprint density at radius 1 is 1.58 bits per heavy atom. The second-order valence-electron chi connectivity index (χ2n) is 4.98. The van der Waals surface area contributed by atoms with Gasteiger partial charge in [0.05, 0.1) is 12.1 Å². The first-order valence-electron chi connectivity index (χ1n) is 6.80. The summed E-state index contributed by atoms with van der Waals surface area (Å²) in [4.78, 5) is 9.13.